The number of ether oxygens (including phenoxy) is 1. The van der Waals surface area contributed by atoms with Gasteiger partial charge in [-0.05, 0) is 56.4 Å². The highest BCUT2D eigenvalue weighted by Gasteiger charge is 2.15. The zero-order chi connectivity index (χ0) is 16.7. The van der Waals surface area contributed by atoms with E-state index in [0.717, 1.165) is 29.7 Å². The molecular formula is C20H25NO2. The zero-order valence-electron chi connectivity index (χ0n) is 14.1. The summed E-state index contributed by atoms with van der Waals surface area (Å²) in [4.78, 5) is 12.1. The van der Waals surface area contributed by atoms with E-state index in [-0.39, 0.29) is 5.91 Å². The van der Waals surface area contributed by atoms with E-state index in [4.69, 9.17) is 4.74 Å². The summed E-state index contributed by atoms with van der Waals surface area (Å²) in [6, 6.07) is 16.3. The fraction of sp³-hybridized carbons (Fsp3) is 0.350. The lowest BCUT2D eigenvalue weighted by Gasteiger charge is -2.16. The largest absolute Gasteiger partial charge is 0.481 e. The van der Waals surface area contributed by atoms with Gasteiger partial charge in [0.15, 0.2) is 6.10 Å². The number of rotatable bonds is 7. The number of aryl methyl sites for hydroxylation is 3. The lowest BCUT2D eigenvalue weighted by atomic mass is 10.1. The summed E-state index contributed by atoms with van der Waals surface area (Å²) >= 11 is 0. The van der Waals surface area contributed by atoms with Crippen LogP contribution in [0.1, 0.15) is 30.0 Å². The lowest BCUT2D eigenvalue weighted by molar-refractivity contribution is -0.127. The number of amides is 1. The molecule has 1 amide bonds. The van der Waals surface area contributed by atoms with Crippen molar-refractivity contribution in [3.8, 4) is 5.75 Å². The number of carbonyl (C=O) groups is 1. The van der Waals surface area contributed by atoms with Gasteiger partial charge in [0.05, 0.1) is 0 Å². The molecule has 0 radical (unpaired) electrons. The van der Waals surface area contributed by atoms with E-state index >= 15 is 0 Å². The summed E-state index contributed by atoms with van der Waals surface area (Å²) in [5.41, 5.74) is 3.46. The van der Waals surface area contributed by atoms with Gasteiger partial charge in [0, 0.05) is 6.54 Å². The van der Waals surface area contributed by atoms with Crippen molar-refractivity contribution >= 4 is 5.91 Å². The third-order valence-electron chi connectivity index (χ3n) is 3.80. The van der Waals surface area contributed by atoms with Crippen molar-refractivity contribution in [3.05, 3.63) is 65.2 Å². The average molecular weight is 311 g/mol. The van der Waals surface area contributed by atoms with E-state index in [2.05, 4.69) is 17.4 Å². The lowest BCUT2D eigenvalue weighted by Crippen LogP contribution is -2.37. The van der Waals surface area contributed by atoms with Crippen LogP contribution in [0, 0.1) is 13.8 Å². The number of benzene rings is 2. The second-order valence-electron chi connectivity index (χ2n) is 5.91. The Labute approximate surface area is 138 Å². The van der Waals surface area contributed by atoms with Gasteiger partial charge in [0.2, 0.25) is 0 Å². The smallest absolute Gasteiger partial charge is 0.260 e. The molecule has 0 spiro atoms. The van der Waals surface area contributed by atoms with Gasteiger partial charge in [-0.1, -0.05) is 42.5 Å². The second-order valence-corrected chi connectivity index (χ2v) is 5.91. The molecule has 0 aliphatic heterocycles. The summed E-state index contributed by atoms with van der Waals surface area (Å²) in [5.74, 6) is 0.705. The van der Waals surface area contributed by atoms with E-state index in [0.29, 0.717) is 6.54 Å². The first-order valence-corrected chi connectivity index (χ1v) is 8.12. The Morgan fingerprint density at radius 1 is 1.13 bits per heavy atom. The van der Waals surface area contributed by atoms with Crippen molar-refractivity contribution in [2.24, 2.45) is 0 Å². The van der Waals surface area contributed by atoms with Gasteiger partial charge in [-0.2, -0.15) is 0 Å². The van der Waals surface area contributed by atoms with Crippen LogP contribution in [0.25, 0.3) is 0 Å². The van der Waals surface area contributed by atoms with Gasteiger partial charge in [-0.3, -0.25) is 4.79 Å². The molecule has 23 heavy (non-hydrogen) atoms. The van der Waals surface area contributed by atoms with Crippen molar-refractivity contribution in [1.29, 1.82) is 0 Å². The minimum atomic E-state index is -0.493. The summed E-state index contributed by atoms with van der Waals surface area (Å²) in [6.07, 6.45) is 1.39. The predicted octanol–water partition coefficient (Wildman–Crippen LogP) is 3.82. The number of hydrogen-bond donors (Lipinski definition) is 1. The number of hydrogen-bond acceptors (Lipinski definition) is 2. The van der Waals surface area contributed by atoms with Crippen molar-refractivity contribution in [3.63, 3.8) is 0 Å². The first kappa shape index (κ1) is 17.1. The van der Waals surface area contributed by atoms with E-state index < -0.39 is 6.10 Å². The number of carbonyl (C=O) groups excluding carboxylic acids is 1. The maximum Gasteiger partial charge on any atom is 0.260 e. The van der Waals surface area contributed by atoms with Gasteiger partial charge in [0.25, 0.3) is 5.91 Å². The average Bonchev–Trinajstić information content (AvgIpc) is 2.55. The van der Waals surface area contributed by atoms with Crippen LogP contribution in [0.15, 0.2) is 48.5 Å². The summed E-state index contributed by atoms with van der Waals surface area (Å²) in [5, 5.41) is 2.94. The molecule has 0 bridgehead atoms. The third-order valence-corrected chi connectivity index (χ3v) is 3.80. The Morgan fingerprint density at radius 2 is 1.87 bits per heavy atom. The van der Waals surface area contributed by atoms with Crippen LogP contribution in [0.3, 0.4) is 0 Å². The van der Waals surface area contributed by atoms with E-state index in [9.17, 15) is 4.79 Å². The summed E-state index contributed by atoms with van der Waals surface area (Å²) in [6.45, 7) is 6.45. The SMILES string of the molecule is Cc1ccc(C)c(O[C@H](C)C(=O)NCCCc2ccccc2)c1. The molecule has 0 aliphatic carbocycles. The van der Waals surface area contributed by atoms with Crippen molar-refractivity contribution < 1.29 is 9.53 Å². The van der Waals surface area contributed by atoms with Gasteiger partial charge in [0.1, 0.15) is 5.75 Å². The monoisotopic (exact) mass is 311 g/mol. The van der Waals surface area contributed by atoms with Crippen LogP contribution in [0.5, 0.6) is 5.75 Å². The van der Waals surface area contributed by atoms with Crippen LogP contribution >= 0.6 is 0 Å². The van der Waals surface area contributed by atoms with Crippen LogP contribution < -0.4 is 10.1 Å². The Morgan fingerprint density at radius 3 is 2.61 bits per heavy atom. The first-order chi connectivity index (χ1) is 11.1. The standard InChI is InChI=1S/C20H25NO2/c1-15-11-12-16(2)19(14-15)23-17(3)20(22)21-13-7-10-18-8-5-4-6-9-18/h4-6,8-9,11-12,14,17H,7,10,13H2,1-3H3,(H,21,22)/t17-/m1/s1. The molecule has 122 valence electrons. The molecule has 2 rings (SSSR count). The van der Waals surface area contributed by atoms with Gasteiger partial charge in [-0.15, -0.1) is 0 Å². The fourth-order valence-corrected chi connectivity index (χ4v) is 2.37. The fourth-order valence-electron chi connectivity index (χ4n) is 2.37. The molecule has 0 aliphatic rings. The molecule has 3 nitrogen and oxygen atoms in total. The molecule has 0 saturated heterocycles. The minimum Gasteiger partial charge on any atom is -0.481 e. The zero-order valence-corrected chi connectivity index (χ0v) is 14.1. The molecule has 3 heteroatoms. The summed E-state index contributed by atoms with van der Waals surface area (Å²) in [7, 11) is 0. The highest BCUT2D eigenvalue weighted by molar-refractivity contribution is 5.80. The molecule has 1 N–H and O–H groups in total. The van der Waals surface area contributed by atoms with Crippen molar-refractivity contribution in [1.82, 2.24) is 5.32 Å². The van der Waals surface area contributed by atoms with Crippen LogP contribution in [-0.4, -0.2) is 18.6 Å². The first-order valence-electron chi connectivity index (χ1n) is 8.12. The second kappa shape index (κ2) is 8.37. The van der Waals surface area contributed by atoms with E-state index in [1.807, 2.05) is 50.2 Å². The molecule has 0 fully saturated rings. The molecular weight excluding hydrogens is 286 g/mol. The van der Waals surface area contributed by atoms with Crippen LogP contribution in [-0.2, 0) is 11.2 Å². The molecule has 0 aromatic heterocycles. The Bertz CT molecular complexity index is 637. The Hall–Kier alpha value is -2.29. The molecule has 2 aromatic carbocycles. The molecule has 0 unspecified atom stereocenters. The molecule has 2 aromatic rings. The van der Waals surface area contributed by atoms with E-state index in [1.165, 1.54) is 5.56 Å². The maximum atomic E-state index is 12.1. The summed E-state index contributed by atoms with van der Waals surface area (Å²) < 4.78 is 5.79. The minimum absolute atomic E-state index is 0.0704. The van der Waals surface area contributed by atoms with Crippen LogP contribution in [0.4, 0.5) is 0 Å². The third kappa shape index (κ3) is 5.44. The topological polar surface area (TPSA) is 38.3 Å². The molecule has 0 saturated carbocycles. The van der Waals surface area contributed by atoms with Crippen molar-refractivity contribution in [2.75, 3.05) is 6.54 Å². The van der Waals surface area contributed by atoms with Gasteiger partial charge < -0.3 is 10.1 Å². The Kier molecular flexibility index (Phi) is 6.21. The highest BCUT2D eigenvalue weighted by Crippen LogP contribution is 2.20. The number of nitrogens with one attached hydrogen (secondary N) is 1. The quantitative estimate of drug-likeness (QED) is 0.789. The normalized spacial score (nSPS) is 11.8. The van der Waals surface area contributed by atoms with Gasteiger partial charge >= 0.3 is 0 Å². The van der Waals surface area contributed by atoms with Crippen molar-refractivity contribution in [2.45, 2.75) is 39.7 Å². The van der Waals surface area contributed by atoms with Crippen LogP contribution in [0.2, 0.25) is 0 Å². The highest BCUT2D eigenvalue weighted by atomic mass is 16.5. The van der Waals surface area contributed by atoms with Gasteiger partial charge in [-0.25, -0.2) is 0 Å². The molecule has 0 heterocycles. The van der Waals surface area contributed by atoms with E-state index in [1.54, 1.807) is 6.92 Å². The predicted molar refractivity (Wildman–Crippen MR) is 93.8 cm³/mol. The Balaban J connectivity index is 1.75. The maximum absolute atomic E-state index is 12.1. The molecule has 1 atom stereocenters.